The number of nitrogens with two attached hydrogens (primary N) is 1. The number of halogens is 1. The molecule has 2 N–H and O–H groups in total. The molecule has 2 rings (SSSR count). The topological polar surface area (TPSA) is 29.3 Å². The van der Waals surface area contributed by atoms with E-state index in [2.05, 4.69) is 30.1 Å². The molecule has 0 bridgehead atoms. The average Bonchev–Trinajstić information content (AvgIpc) is 2.82. The lowest BCUT2D eigenvalue weighted by molar-refractivity contribution is 0.326. The maximum absolute atomic E-state index is 5.96. The molecule has 1 aromatic heterocycles. The molecule has 0 spiro atoms. The molecule has 0 saturated carbocycles. The lowest BCUT2D eigenvalue weighted by Crippen LogP contribution is -2.31. The summed E-state index contributed by atoms with van der Waals surface area (Å²) in [4.78, 5) is 4.00. The van der Waals surface area contributed by atoms with Gasteiger partial charge in [0.15, 0.2) is 0 Å². The smallest absolute Gasteiger partial charge is 0.0931 e. The van der Waals surface area contributed by atoms with Crippen LogP contribution in [0.2, 0.25) is 4.34 Å². The molecule has 0 saturated heterocycles. The largest absolute Gasteiger partial charge is 0.393 e. The zero-order valence-electron chi connectivity index (χ0n) is 11.3. The van der Waals surface area contributed by atoms with Crippen LogP contribution >= 0.6 is 35.2 Å². The Labute approximate surface area is 134 Å². The summed E-state index contributed by atoms with van der Waals surface area (Å²) in [5, 5.41) is 0. The van der Waals surface area contributed by atoms with Crippen molar-refractivity contribution in [1.29, 1.82) is 0 Å². The summed E-state index contributed by atoms with van der Waals surface area (Å²) in [5.41, 5.74) is 7.06. The van der Waals surface area contributed by atoms with Gasteiger partial charge in [-0.05, 0) is 24.7 Å². The van der Waals surface area contributed by atoms with Gasteiger partial charge in [0.1, 0.15) is 0 Å². The Morgan fingerprint density at radius 1 is 1.30 bits per heavy atom. The van der Waals surface area contributed by atoms with E-state index in [9.17, 15) is 0 Å². The Kier molecular flexibility index (Phi) is 5.54. The van der Waals surface area contributed by atoms with Crippen LogP contribution in [0.4, 0.5) is 0 Å². The van der Waals surface area contributed by atoms with E-state index in [0.717, 1.165) is 23.0 Å². The van der Waals surface area contributed by atoms with Gasteiger partial charge in [-0.2, -0.15) is 0 Å². The van der Waals surface area contributed by atoms with Crippen molar-refractivity contribution in [3.8, 4) is 0 Å². The van der Waals surface area contributed by atoms with Crippen molar-refractivity contribution in [2.45, 2.75) is 12.5 Å². The second-order valence-electron chi connectivity index (χ2n) is 4.77. The Balaban J connectivity index is 2.03. The predicted molar refractivity (Wildman–Crippen MR) is 91.6 cm³/mol. The number of rotatable bonds is 6. The number of thiocarbonyl (C=S) groups is 1. The van der Waals surface area contributed by atoms with Crippen LogP contribution in [0.5, 0.6) is 0 Å². The molecule has 0 aliphatic carbocycles. The molecule has 0 fully saturated rings. The highest BCUT2D eigenvalue weighted by Crippen LogP contribution is 2.24. The van der Waals surface area contributed by atoms with Gasteiger partial charge in [0.05, 0.1) is 9.32 Å². The molecule has 106 valence electrons. The highest BCUT2D eigenvalue weighted by atomic mass is 35.5. The van der Waals surface area contributed by atoms with Crippen LogP contribution in [-0.4, -0.2) is 23.5 Å². The Morgan fingerprint density at radius 3 is 2.55 bits per heavy atom. The van der Waals surface area contributed by atoms with E-state index in [4.69, 9.17) is 29.6 Å². The highest BCUT2D eigenvalue weighted by molar-refractivity contribution is 7.80. The number of benzene rings is 1. The van der Waals surface area contributed by atoms with E-state index in [1.807, 2.05) is 24.3 Å². The summed E-state index contributed by atoms with van der Waals surface area (Å²) in [7, 11) is 2.07. The summed E-state index contributed by atoms with van der Waals surface area (Å²) >= 11 is 12.8. The minimum atomic E-state index is 0.0756. The van der Waals surface area contributed by atoms with Crippen LogP contribution < -0.4 is 5.73 Å². The predicted octanol–water partition coefficient (Wildman–Crippen LogP) is 3.90. The van der Waals surface area contributed by atoms with E-state index in [1.54, 1.807) is 11.3 Å². The Hall–Kier alpha value is -0.940. The lowest BCUT2D eigenvalue weighted by Gasteiger charge is -2.23. The maximum atomic E-state index is 5.96. The first-order chi connectivity index (χ1) is 9.56. The van der Waals surface area contributed by atoms with Crippen molar-refractivity contribution in [1.82, 2.24) is 4.90 Å². The third kappa shape index (κ3) is 4.28. The van der Waals surface area contributed by atoms with Gasteiger partial charge in [0.2, 0.25) is 0 Å². The van der Waals surface area contributed by atoms with Crippen LogP contribution in [0.3, 0.4) is 0 Å². The molecule has 1 heterocycles. The highest BCUT2D eigenvalue weighted by Gasteiger charge is 2.17. The number of hydrogen-bond donors (Lipinski definition) is 1. The van der Waals surface area contributed by atoms with Crippen molar-refractivity contribution in [2.75, 3.05) is 13.6 Å². The van der Waals surface area contributed by atoms with Crippen molar-refractivity contribution < 1.29 is 0 Å². The van der Waals surface area contributed by atoms with Crippen molar-refractivity contribution >= 4 is 40.1 Å². The summed E-state index contributed by atoms with van der Waals surface area (Å²) in [6, 6.07) is 14.1. The Bertz CT molecular complexity index is 568. The lowest BCUT2D eigenvalue weighted by atomic mass is 9.98. The van der Waals surface area contributed by atoms with Gasteiger partial charge in [-0.15, -0.1) is 11.3 Å². The van der Waals surface area contributed by atoms with E-state index < -0.39 is 0 Å². The average molecular weight is 325 g/mol. The molecule has 1 aromatic carbocycles. The first-order valence-corrected chi connectivity index (χ1v) is 7.93. The molecule has 0 amide bonds. The van der Waals surface area contributed by atoms with Gasteiger partial charge in [0, 0.05) is 23.9 Å². The van der Waals surface area contributed by atoms with Crippen LogP contribution in [0.1, 0.15) is 16.4 Å². The van der Waals surface area contributed by atoms with E-state index in [-0.39, 0.29) is 5.92 Å². The number of thiophene rings is 1. The SMILES string of the molecule is CN(Cc1ccc(Cl)s1)CC(C(N)=S)c1ccccc1. The van der Waals surface area contributed by atoms with Gasteiger partial charge in [-0.3, -0.25) is 0 Å². The normalized spacial score (nSPS) is 12.6. The van der Waals surface area contributed by atoms with Crippen molar-refractivity contribution in [2.24, 2.45) is 5.73 Å². The molecule has 2 aromatic rings. The first-order valence-electron chi connectivity index (χ1n) is 6.33. The van der Waals surface area contributed by atoms with Crippen LogP contribution in [0.15, 0.2) is 42.5 Å². The third-order valence-electron chi connectivity index (χ3n) is 3.09. The third-order valence-corrected chi connectivity index (χ3v) is 4.59. The van der Waals surface area contributed by atoms with Gasteiger partial charge in [-0.25, -0.2) is 0 Å². The van der Waals surface area contributed by atoms with E-state index in [1.165, 1.54) is 4.88 Å². The zero-order chi connectivity index (χ0) is 14.5. The van der Waals surface area contributed by atoms with Gasteiger partial charge in [-0.1, -0.05) is 54.2 Å². The first kappa shape index (κ1) is 15.4. The Morgan fingerprint density at radius 2 is 2.00 bits per heavy atom. The molecule has 2 nitrogen and oxygen atoms in total. The molecule has 1 atom stereocenters. The molecule has 0 aliphatic rings. The number of hydrogen-bond acceptors (Lipinski definition) is 3. The van der Waals surface area contributed by atoms with Crippen LogP contribution in [0.25, 0.3) is 0 Å². The molecular weight excluding hydrogens is 308 g/mol. The van der Waals surface area contributed by atoms with Gasteiger partial charge < -0.3 is 10.6 Å². The van der Waals surface area contributed by atoms with Crippen molar-refractivity contribution in [3.63, 3.8) is 0 Å². The zero-order valence-corrected chi connectivity index (χ0v) is 13.6. The fourth-order valence-electron chi connectivity index (χ4n) is 2.12. The molecule has 0 aliphatic heterocycles. The fraction of sp³-hybridized carbons (Fsp3) is 0.267. The summed E-state index contributed by atoms with van der Waals surface area (Å²) in [6.45, 7) is 1.65. The second-order valence-corrected chi connectivity index (χ2v) is 7.04. The van der Waals surface area contributed by atoms with Crippen molar-refractivity contribution in [3.05, 3.63) is 57.2 Å². The molecular formula is C15H17ClN2S2. The molecule has 20 heavy (non-hydrogen) atoms. The summed E-state index contributed by atoms with van der Waals surface area (Å²) < 4.78 is 0.822. The van der Waals surface area contributed by atoms with Crippen LogP contribution in [-0.2, 0) is 6.54 Å². The van der Waals surface area contributed by atoms with Gasteiger partial charge in [0.25, 0.3) is 0 Å². The molecule has 0 radical (unpaired) electrons. The van der Waals surface area contributed by atoms with E-state index >= 15 is 0 Å². The second kappa shape index (κ2) is 7.18. The monoisotopic (exact) mass is 324 g/mol. The quantitative estimate of drug-likeness (QED) is 0.817. The molecule has 5 heteroatoms. The summed E-state index contributed by atoms with van der Waals surface area (Å²) in [6.07, 6.45) is 0. The number of nitrogens with zero attached hydrogens (tertiary/aromatic N) is 1. The van der Waals surface area contributed by atoms with Crippen LogP contribution in [0, 0.1) is 0 Å². The number of likely N-dealkylation sites (N-methyl/N-ethyl adjacent to an activating group) is 1. The minimum Gasteiger partial charge on any atom is -0.393 e. The maximum Gasteiger partial charge on any atom is 0.0931 e. The van der Waals surface area contributed by atoms with E-state index in [0.29, 0.717) is 4.99 Å². The standard InChI is InChI=1S/C15H17ClN2S2/c1-18(9-12-7-8-14(16)20-12)10-13(15(17)19)11-5-3-2-4-6-11/h2-8,13H,9-10H2,1H3,(H2,17,19). The summed E-state index contributed by atoms with van der Waals surface area (Å²) in [5.74, 6) is 0.0756. The fourth-order valence-corrected chi connectivity index (χ4v) is 3.50. The molecule has 1 unspecified atom stereocenters. The van der Waals surface area contributed by atoms with Gasteiger partial charge >= 0.3 is 0 Å². The minimum absolute atomic E-state index is 0.0756.